The van der Waals surface area contributed by atoms with Crippen LogP contribution in [0.1, 0.15) is 30.1 Å². The summed E-state index contributed by atoms with van der Waals surface area (Å²) in [6.07, 6.45) is 3.40. The fourth-order valence-corrected chi connectivity index (χ4v) is 4.24. The summed E-state index contributed by atoms with van der Waals surface area (Å²) in [4.78, 5) is 18.3. The van der Waals surface area contributed by atoms with Crippen LogP contribution in [0.2, 0.25) is 0 Å². The minimum Gasteiger partial charge on any atom is -0.369 e. The third-order valence-corrected chi connectivity index (χ3v) is 5.82. The Balaban J connectivity index is 1.82. The van der Waals surface area contributed by atoms with Gasteiger partial charge in [-0.05, 0) is 37.1 Å². The first-order chi connectivity index (χ1) is 12.7. The van der Waals surface area contributed by atoms with Crippen molar-refractivity contribution in [3.8, 4) is 0 Å². The van der Waals surface area contributed by atoms with Gasteiger partial charge < -0.3 is 15.5 Å². The van der Waals surface area contributed by atoms with Crippen molar-refractivity contribution in [3.63, 3.8) is 0 Å². The molecule has 2 fully saturated rings. The maximum atomic E-state index is 13.5. The fraction of sp³-hybridized carbons (Fsp3) is 0.571. The second-order valence-corrected chi connectivity index (χ2v) is 7.23. The van der Waals surface area contributed by atoms with Gasteiger partial charge in [-0.25, -0.2) is 0 Å². The van der Waals surface area contributed by atoms with Gasteiger partial charge in [-0.1, -0.05) is 13.0 Å². The Kier molecular flexibility index (Phi) is 6.46. The van der Waals surface area contributed by atoms with E-state index < -0.39 is 5.54 Å². The molecule has 2 N–H and O–H groups in total. The molecule has 0 aromatic heterocycles. The van der Waals surface area contributed by atoms with Crippen LogP contribution in [0.3, 0.4) is 0 Å². The minimum absolute atomic E-state index is 0.230. The van der Waals surface area contributed by atoms with Crippen molar-refractivity contribution in [3.05, 3.63) is 42.5 Å². The van der Waals surface area contributed by atoms with Gasteiger partial charge in [-0.2, -0.15) is 0 Å². The number of piperazine rings is 2. The van der Waals surface area contributed by atoms with Gasteiger partial charge in [0, 0.05) is 63.6 Å². The van der Waals surface area contributed by atoms with Gasteiger partial charge >= 0.3 is 0 Å². The number of Topliss-reactive ketones (excluding diaryl/α,β-unsaturated/α-hetero) is 1. The van der Waals surface area contributed by atoms with Crippen molar-refractivity contribution in [1.82, 2.24) is 15.5 Å². The number of carbonyl (C=O) groups excluding carboxylic acids is 1. The second kappa shape index (κ2) is 8.80. The Bertz CT molecular complexity index is 603. The molecule has 2 aliphatic heterocycles. The molecule has 5 nitrogen and oxygen atoms in total. The molecular weight excluding hydrogens is 324 g/mol. The third kappa shape index (κ3) is 3.85. The molecule has 0 bridgehead atoms. The quantitative estimate of drug-likeness (QED) is 0.577. The molecule has 26 heavy (non-hydrogen) atoms. The highest BCUT2D eigenvalue weighted by molar-refractivity contribution is 6.03. The Morgan fingerprint density at radius 1 is 1.08 bits per heavy atom. The smallest absolute Gasteiger partial charge is 0.183 e. The zero-order valence-electron chi connectivity index (χ0n) is 16.0. The summed E-state index contributed by atoms with van der Waals surface area (Å²) < 4.78 is 0. The average Bonchev–Trinajstić information content (AvgIpc) is 2.73. The van der Waals surface area contributed by atoms with Crippen LogP contribution in [0.4, 0.5) is 5.69 Å². The molecule has 2 saturated heterocycles. The van der Waals surface area contributed by atoms with E-state index >= 15 is 0 Å². The van der Waals surface area contributed by atoms with Crippen molar-refractivity contribution in [2.45, 2.75) is 25.3 Å². The molecule has 0 radical (unpaired) electrons. The van der Waals surface area contributed by atoms with E-state index in [-0.39, 0.29) is 5.78 Å². The molecule has 1 atom stereocenters. The monoisotopic (exact) mass is 356 g/mol. The van der Waals surface area contributed by atoms with Crippen molar-refractivity contribution in [1.29, 1.82) is 0 Å². The van der Waals surface area contributed by atoms with Gasteiger partial charge in [0.15, 0.2) is 5.78 Å². The molecule has 0 amide bonds. The fourth-order valence-electron chi connectivity index (χ4n) is 4.24. The van der Waals surface area contributed by atoms with Crippen LogP contribution >= 0.6 is 0 Å². The first-order valence-electron chi connectivity index (χ1n) is 9.88. The maximum absolute atomic E-state index is 13.5. The number of benzene rings is 1. The van der Waals surface area contributed by atoms with Crippen LogP contribution in [-0.2, 0) is 0 Å². The summed E-state index contributed by atoms with van der Waals surface area (Å²) in [5, 5.41) is 6.76. The van der Waals surface area contributed by atoms with Gasteiger partial charge in [0.2, 0.25) is 0 Å². The molecule has 5 heteroatoms. The molecule has 1 aromatic rings. The summed E-state index contributed by atoms with van der Waals surface area (Å²) in [5.41, 5.74) is 1.54. The number of carbonyl (C=O) groups is 1. The van der Waals surface area contributed by atoms with E-state index in [4.69, 9.17) is 0 Å². The van der Waals surface area contributed by atoms with E-state index in [1.807, 2.05) is 18.2 Å². The van der Waals surface area contributed by atoms with Gasteiger partial charge in [-0.3, -0.25) is 9.69 Å². The highest BCUT2D eigenvalue weighted by Gasteiger charge is 2.41. The van der Waals surface area contributed by atoms with Crippen molar-refractivity contribution in [2.75, 3.05) is 57.3 Å². The van der Waals surface area contributed by atoms with E-state index in [2.05, 4.69) is 46.1 Å². The Morgan fingerprint density at radius 2 is 1.65 bits per heavy atom. The average molecular weight is 357 g/mol. The number of nitrogens with zero attached hydrogens (tertiary/aromatic N) is 2. The normalized spacial score (nSPS) is 21.2. The number of nitrogens with one attached hydrogen (secondary N) is 2. The molecule has 0 spiro atoms. The SMILES string of the molecule is C=CCC(CC)(C(=O)c1ccc(N2CCNCC2)cc1)N1CCNCC1. The van der Waals surface area contributed by atoms with Crippen molar-refractivity contribution >= 4 is 11.5 Å². The molecule has 0 aliphatic carbocycles. The van der Waals surface area contributed by atoms with Crippen LogP contribution in [-0.4, -0.2) is 68.6 Å². The minimum atomic E-state index is -0.472. The summed E-state index contributed by atoms with van der Waals surface area (Å²) in [5.74, 6) is 0.230. The van der Waals surface area contributed by atoms with Gasteiger partial charge in [0.05, 0.1) is 5.54 Å². The Morgan fingerprint density at radius 3 is 2.19 bits per heavy atom. The van der Waals surface area contributed by atoms with Crippen LogP contribution in [0.15, 0.2) is 36.9 Å². The van der Waals surface area contributed by atoms with Crippen LogP contribution in [0.25, 0.3) is 0 Å². The predicted molar refractivity (Wildman–Crippen MR) is 108 cm³/mol. The third-order valence-electron chi connectivity index (χ3n) is 5.82. The lowest BCUT2D eigenvalue weighted by Crippen LogP contribution is -2.59. The zero-order valence-corrected chi connectivity index (χ0v) is 16.0. The zero-order chi connectivity index (χ0) is 18.4. The van der Waals surface area contributed by atoms with E-state index in [9.17, 15) is 4.79 Å². The molecule has 142 valence electrons. The van der Waals surface area contributed by atoms with E-state index in [0.717, 1.165) is 64.3 Å². The maximum Gasteiger partial charge on any atom is 0.183 e. The van der Waals surface area contributed by atoms with Crippen LogP contribution in [0, 0.1) is 0 Å². The van der Waals surface area contributed by atoms with Crippen molar-refractivity contribution in [2.24, 2.45) is 0 Å². The summed E-state index contributed by atoms with van der Waals surface area (Å²) in [7, 11) is 0. The van der Waals surface area contributed by atoms with E-state index in [0.29, 0.717) is 6.42 Å². The number of hydrogen-bond donors (Lipinski definition) is 2. The lowest BCUT2D eigenvalue weighted by Gasteiger charge is -2.44. The van der Waals surface area contributed by atoms with Gasteiger partial charge in [0.25, 0.3) is 0 Å². The predicted octanol–water partition coefficient (Wildman–Crippen LogP) is 1.91. The highest BCUT2D eigenvalue weighted by Crippen LogP contribution is 2.30. The first-order valence-corrected chi connectivity index (χ1v) is 9.88. The number of ketones is 1. The van der Waals surface area contributed by atoms with Crippen molar-refractivity contribution < 1.29 is 4.79 Å². The molecular formula is C21H32N4O. The highest BCUT2D eigenvalue weighted by atomic mass is 16.1. The molecule has 1 aromatic carbocycles. The molecule has 1 unspecified atom stereocenters. The number of hydrogen-bond acceptors (Lipinski definition) is 5. The van der Waals surface area contributed by atoms with Crippen LogP contribution in [0.5, 0.6) is 0 Å². The lowest BCUT2D eigenvalue weighted by molar-refractivity contribution is 0.0475. The largest absolute Gasteiger partial charge is 0.369 e. The Labute approximate surface area is 157 Å². The number of rotatable bonds is 7. The Hall–Kier alpha value is -1.69. The molecule has 0 saturated carbocycles. The molecule has 3 rings (SSSR count). The lowest BCUT2D eigenvalue weighted by atomic mass is 9.81. The van der Waals surface area contributed by atoms with E-state index in [1.54, 1.807) is 0 Å². The summed E-state index contributed by atoms with van der Waals surface area (Å²) in [6.45, 7) is 13.8. The van der Waals surface area contributed by atoms with E-state index in [1.165, 1.54) is 5.69 Å². The van der Waals surface area contributed by atoms with Gasteiger partial charge in [-0.15, -0.1) is 6.58 Å². The standard InChI is InChI=1S/C21H32N4O/c1-3-9-21(4-2,25-16-12-23-13-17-25)20(26)18-5-7-19(8-6-18)24-14-10-22-11-15-24/h3,5-8,22-23H,1,4,9-17H2,2H3. The first kappa shape index (κ1) is 19.1. The van der Waals surface area contributed by atoms with Gasteiger partial charge in [0.1, 0.15) is 0 Å². The second-order valence-electron chi connectivity index (χ2n) is 7.23. The summed E-state index contributed by atoms with van der Waals surface area (Å²) in [6, 6.07) is 8.22. The summed E-state index contributed by atoms with van der Waals surface area (Å²) >= 11 is 0. The topological polar surface area (TPSA) is 47.6 Å². The molecule has 2 heterocycles. The molecule has 2 aliphatic rings. The number of anilines is 1. The van der Waals surface area contributed by atoms with Crippen LogP contribution < -0.4 is 15.5 Å².